The van der Waals surface area contributed by atoms with Crippen LogP contribution in [-0.4, -0.2) is 0 Å². The van der Waals surface area contributed by atoms with E-state index < -0.39 is 17.7 Å². The zero-order chi connectivity index (χ0) is 14.0. The summed E-state index contributed by atoms with van der Waals surface area (Å²) in [6.45, 7) is 1.65. The van der Waals surface area contributed by atoms with Crippen LogP contribution in [0.5, 0.6) is 0 Å². The normalized spacial score (nSPS) is 12.5. The molecule has 19 heavy (non-hydrogen) atoms. The molecule has 0 bridgehead atoms. The molecular weight excluding hydrogens is 251 g/mol. The van der Waals surface area contributed by atoms with E-state index in [4.69, 9.17) is 5.73 Å². The maximum Gasteiger partial charge on any atom is 0.130 e. The summed E-state index contributed by atoms with van der Waals surface area (Å²) in [4.78, 5) is 0. The Labute approximate surface area is 109 Å². The number of nitrogens with two attached hydrogens (primary N) is 1. The number of halogens is 3. The minimum atomic E-state index is -0.660. The van der Waals surface area contributed by atoms with Crippen molar-refractivity contribution in [1.82, 2.24) is 0 Å². The summed E-state index contributed by atoms with van der Waals surface area (Å²) in [5.41, 5.74) is 7.17. The second-order valence-corrected chi connectivity index (χ2v) is 4.57. The van der Waals surface area contributed by atoms with Crippen molar-refractivity contribution in [2.45, 2.75) is 19.4 Å². The SMILES string of the molecule is Cc1cccc(C(N)Cc2cc(F)cc(F)c2)c1F. The van der Waals surface area contributed by atoms with Crippen LogP contribution in [0.2, 0.25) is 0 Å². The van der Waals surface area contributed by atoms with Crippen molar-refractivity contribution in [3.8, 4) is 0 Å². The van der Waals surface area contributed by atoms with Crippen LogP contribution in [0.3, 0.4) is 0 Å². The predicted molar refractivity (Wildman–Crippen MR) is 68.1 cm³/mol. The molecule has 2 N–H and O–H groups in total. The zero-order valence-electron chi connectivity index (χ0n) is 10.5. The number of rotatable bonds is 3. The smallest absolute Gasteiger partial charge is 0.130 e. The first kappa shape index (κ1) is 13.6. The fourth-order valence-corrected chi connectivity index (χ4v) is 2.05. The maximum atomic E-state index is 13.9. The third-order valence-corrected chi connectivity index (χ3v) is 3.00. The van der Waals surface area contributed by atoms with Crippen molar-refractivity contribution in [2.75, 3.05) is 0 Å². The van der Waals surface area contributed by atoms with Crippen molar-refractivity contribution in [1.29, 1.82) is 0 Å². The quantitative estimate of drug-likeness (QED) is 0.900. The van der Waals surface area contributed by atoms with Gasteiger partial charge in [0, 0.05) is 17.7 Å². The number of hydrogen-bond acceptors (Lipinski definition) is 1. The molecule has 4 heteroatoms. The molecule has 1 nitrogen and oxygen atoms in total. The van der Waals surface area contributed by atoms with Gasteiger partial charge < -0.3 is 5.73 Å². The van der Waals surface area contributed by atoms with E-state index in [0.29, 0.717) is 16.7 Å². The van der Waals surface area contributed by atoms with E-state index in [1.54, 1.807) is 25.1 Å². The molecule has 0 aliphatic carbocycles. The molecule has 1 unspecified atom stereocenters. The molecule has 0 aliphatic heterocycles. The average Bonchev–Trinajstić information content (AvgIpc) is 2.31. The fraction of sp³-hybridized carbons (Fsp3) is 0.200. The third kappa shape index (κ3) is 3.15. The molecule has 100 valence electrons. The molecule has 1 atom stereocenters. The van der Waals surface area contributed by atoms with E-state index in [9.17, 15) is 13.2 Å². The lowest BCUT2D eigenvalue weighted by atomic mass is 9.97. The molecule has 2 rings (SSSR count). The molecule has 0 heterocycles. The van der Waals surface area contributed by atoms with Crippen LogP contribution >= 0.6 is 0 Å². The van der Waals surface area contributed by atoms with Crippen LogP contribution in [-0.2, 0) is 6.42 Å². The lowest BCUT2D eigenvalue weighted by Gasteiger charge is -2.14. The van der Waals surface area contributed by atoms with Gasteiger partial charge in [0.1, 0.15) is 17.5 Å². The molecule has 0 aromatic heterocycles. The second-order valence-electron chi connectivity index (χ2n) is 4.57. The molecule has 2 aromatic carbocycles. The predicted octanol–water partition coefficient (Wildman–Crippen LogP) is 3.65. The minimum Gasteiger partial charge on any atom is -0.324 e. The second kappa shape index (κ2) is 5.45. The molecule has 0 saturated heterocycles. The topological polar surface area (TPSA) is 26.0 Å². The van der Waals surface area contributed by atoms with Gasteiger partial charge in [-0.15, -0.1) is 0 Å². The van der Waals surface area contributed by atoms with Crippen LogP contribution in [0.4, 0.5) is 13.2 Å². The van der Waals surface area contributed by atoms with E-state index in [1.807, 2.05) is 0 Å². The van der Waals surface area contributed by atoms with Crippen LogP contribution in [0.25, 0.3) is 0 Å². The number of hydrogen-bond donors (Lipinski definition) is 1. The van der Waals surface area contributed by atoms with Gasteiger partial charge in [0.15, 0.2) is 0 Å². The first-order valence-electron chi connectivity index (χ1n) is 5.93. The Balaban J connectivity index is 2.25. The van der Waals surface area contributed by atoms with Gasteiger partial charge in [-0.05, 0) is 36.6 Å². The van der Waals surface area contributed by atoms with Gasteiger partial charge >= 0.3 is 0 Å². The number of benzene rings is 2. The average molecular weight is 265 g/mol. The Hall–Kier alpha value is -1.81. The van der Waals surface area contributed by atoms with Gasteiger partial charge in [-0.2, -0.15) is 0 Å². The van der Waals surface area contributed by atoms with E-state index in [-0.39, 0.29) is 12.2 Å². The first-order valence-corrected chi connectivity index (χ1v) is 5.93. The molecule has 0 saturated carbocycles. The van der Waals surface area contributed by atoms with Crippen molar-refractivity contribution >= 4 is 0 Å². The van der Waals surface area contributed by atoms with Crippen molar-refractivity contribution < 1.29 is 13.2 Å². The maximum absolute atomic E-state index is 13.9. The highest BCUT2D eigenvalue weighted by atomic mass is 19.1. The minimum absolute atomic E-state index is 0.176. The van der Waals surface area contributed by atoms with E-state index in [1.165, 1.54) is 12.1 Å². The summed E-state index contributed by atoms with van der Waals surface area (Å²) in [5, 5.41) is 0. The van der Waals surface area contributed by atoms with Gasteiger partial charge in [-0.1, -0.05) is 18.2 Å². The standard InChI is InChI=1S/C15H14F3N/c1-9-3-2-4-13(15(9)18)14(19)7-10-5-11(16)8-12(17)6-10/h2-6,8,14H,7,19H2,1H3. The zero-order valence-corrected chi connectivity index (χ0v) is 10.5. The van der Waals surface area contributed by atoms with Crippen LogP contribution < -0.4 is 5.73 Å². The fourth-order valence-electron chi connectivity index (χ4n) is 2.05. The summed E-state index contributed by atoms with van der Waals surface area (Å²) in [7, 11) is 0. The highest BCUT2D eigenvalue weighted by Crippen LogP contribution is 2.22. The molecule has 0 amide bonds. The first-order chi connectivity index (χ1) is 8.97. The Kier molecular flexibility index (Phi) is 3.90. The van der Waals surface area contributed by atoms with Gasteiger partial charge in [0.05, 0.1) is 0 Å². The molecule has 0 spiro atoms. The van der Waals surface area contributed by atoms with Gasteiger partial charge in [-0.25, -0.2) is 13.2 Å². The summed E-state index contributed by atoms with van der Waals surface area (Å²) in [5.74, 6) is -1.69. The van der Waals surface area contributed by atoms with Crippen molar-refractivity contribution in [3.63, 3.8) is 0 Å². The van der Waals surface area contributed by atoms with E-state index >= 15 is 0 Å². The third-order valence-electron chi connectivity index (χ3n) is 3.00. The van der Waals surface area contributed by atoms with Gasteiger partial charge in [-0.3, -0.25) is 0 Å². The molecule has 0 fully saturated rings. The molecule has 0 aliphatic rings. The van der Waals surface area contributed by atoms with Crippen LogP contribution in [0.1, 0.15) is 22.7 Å². The summed E-state index contributed by atoms with van der Waals surface area (Å²) in [6, 6.07) is 7.51. The summed E-state index contributed by atoms with van der Waals surface area (Å²) in [6.07, 6.45) is 0.176. The lowest BCUT2D eigenvalue weighted by Crippen LogP contribution is -2.15. The Bertz CT molecular complexity index is 576. The largest absolute Gasteiger partial charge is 0.324 e. The monoisotopic (exact) mass is 265 g/mol. The van der Waals surface area contributed by atoms with Crippen LogP contribution in [0.15, 0.2) is 36.4 Å². The lowest BCUT2D eigenvalue weighted by molar-refractivity contribution is 0.563. The van der Waals surface area contributed by atoms with Gasteiger partial charge in [0.2, 0.25) is 0 Å². The Morgan fingerprint density at radius 3 is 2.32 bits per heavy atom. The summed E-state index contributed by atoms with van der Waals surface area (Å²) >= 11 is 0. The van der Waals surface area contributed by atoms with Crippen molar-refractivity contribution in [2.24, 2.45) is 5.73 Å². The van der Waals surface area contributed by atoms with Gasteiger partial charge in [0.25, 0.3) is 0 Å². The van der Waals surface area contributed by atoms with Crippen LogP contribution in [0, 0.1) is 24.4 Å². The highest BCUT2D eigenvalue weighted by molar-refractivity contribution is 5.29. The Morgan fingerprint density at radius 1 is 1.05 bits per heavy atom. The summed E-state index contributed by atoms with van der Waals surface area (Å²) < 4.78 is 40.0. The molecule has 0 radical (unpaired) electrons. The van der Waals surface area contributed by atoms with Crippen molar-refractivity contribution in [3.05, 3.63) is 70.5 Å². The number of aryl methyl sites for hydroxylation is 1. The van der Waals surface area contributed by atoms with E-state index in [0.717, 1.165) is 6.07 Å². The molecular formula is C15H14F3N. The van der Waals surface area contributed by atoms with E-state index in [2.05, 4.69) is 0 Å². The highest BCUT2D eigenvalue weighted by Gasteiger charge is 2.14. The Morgan fingerprint density at radius 2 is 1.68 bits per heavy atom. The molecule has 2 aromatic rings.